The van der Waals surface area contributed by atoms with Crippen LogP contribution in [0.1, 0.15) is 10.6 Å². The van der Waals surface area contributed by atoms with Crippen LogP contribution in [0.3, 0.4) is 0 Å². The van der Waals surface area contributed by atoms with Gasteiger partial charge in [-0.15, -0.1) is 11.3 Å². The molecule has 1 aromatic carbocycles. The zero-order valence-corrected chi connectivity index (χ0v) is 11.8. The monoisotopic (exact) mass is 285 g/mol. The number of nitrogens with one attached hydrogen (secondary N) is 1. The molecule has 4 heteroatoms. The smallest absolute Gasteiger partial charge is 0.225 e. The average molecular weight is 285 g/mol. The predicted molar refractivity (Wildman–Crippen MR) is 81.0 cm³/mol. The highest BCUT2D eigenvalue weighted by molar-refractivity contribution is 7.10. The number of furan rings is 1. The minimum Gasteiger partial charge on any atom is -0.461 e. The summed E-state index contributed by atoms with van der Waals surface area (Å²) < 4.78 is 5.71. The van der Waals surface area contributed by atoms with E-state index in [0.717, 1.165) is 21.6 Å². The molecular weight excluding hydrogens is 270 g/mol. The summed E-state index contributed by atoms with van der Waals surface area (Å²) in [6.45, 7) is 0.601. The molecule has 102 valence electrons. The molecule has 0 aliphatic rings. The minimum absolute atomic E-state index is 0.0589. The lowest BCUT2D eigenvalue weighted by molar-refractivity contribution is -0.120. The van der Waals surface area contributed by atoms with Gasteiger partial charge in [-0.25, -0.2) is 0 Å². The van der Waals surface area contributed by atoms with Gasteiger partial charge < -0.3 is 9.73 Å². The molecule has 0 aliphatic carbocycles. The molecule has 3 nitrogen and oxygen atoms in total. The Bertz CT molecular complexity index is 667. The first kappa shape index (κ1) is 12.9. The molecule has 0 unspecified atom stereocenters. The topological polar surface area (TPSA) is 42.2 Å². The maximum absolute atomic E-state index is 11.7. The first-order chi connectivity index (χ1) is 9.81. The van der Waals surface area contributed by atoms with Gasteiger partial charge in [0, 0.05) is 23.2 Å². The van der Waals surface area contributed by atoms with E-state index in [1.807, 2.05) is 47.8 Å². The number of carbonyl (C=O) groups is 1. The summed E-state index contributed by atoms with van der Waals surface area (Å²) in [5.41, 5.74) is 0.896. The average Bonchev–Trinajstić information content (AvgIpc) is 3.07. The third kappa shape index (κ3) is 3.08. The lowest BCUT2D eigenvalue weighted by atomic mass is 10.2. The quantitative estimate of drug-likeness (QED) is 0.780. The highest BCUT2D eigenvalue weighted by Crippen LogP contribution is 2.18. The van der Waals surface area contributed by atoms with Crippen molar-refractivity contribution >= 4 is 28.2 Å². The van der Waals surface area contributed by atoms with Crippen molar-refractivity contribution in [2.75, 3.05) is 6.54 Å². The van der Waals surface area contributed by atoms with Crippen molar-refractivity contribution in [3.63, 3.8) is 0 Å². The molecule has 0 atom stereocenters. The Kier molecular flexibility index (Phi) is 3.83. The van der Waals surface area contributed by atoms with E-state index in [2.05, 4.69) is 5.32 Å². The summed E-state index contributed by atoms with van der Waals surface area (Å²) in [4.78, 5) is 12.8. The van der Waals surface area contributed by atoms with E-state index in [1.165, 1.54) is 0 Å². The van der Waals surface area contributed by atoms with Gasteiger partial charge in [0.15, 0.2) is 0 Å². The molecule has 0 saturated carbocycles. The zero-order valence-electron chi connectivity index (χ0n) is 11.0. The SMILES string of the molecule is O=C(Cc1cccs1)NCCc1cc2ccccc2o1. The van der Waals surface area contributed by atoms with E-state index in [9.17, 15) is 4.79 Å². The van der Waals surface area contributed by atoms with Gasteiger partial charge in [0.25, 0.3) is 0 Å². The molecule has 3 rings (SSSR count). The minimum atomic E-state index is 0.0589. The first-order valence-corrected chi connectivity index (χ1v) is 7.46. The van der Waals surface area contributed by atoms with Gasteiger partial charge in [-0.2, -0.15) is 0 Å². The molecule has 1 amide bonds. The van der Waals surface area contributed by atoms with Crippen LogP contribution in [-0.4, -0.2) is 12.5 Å². The van der Waals surface area contributed by atoms with Crippen LogP contribution in [0, 0.1) is 0 Å². The number of amides is 1. The summed E-state index contributed by atoms with van der Waals surface area (Å²) in [6.07, 6.45) is 1.17. The van der Waals surface area contributed by atoms with Gasteiger partial charge >= 0.3 is 0 Å². The Balaban J connectivity index is 1.51. The van der Waals surface area contributed by atoms with E-state index in [-0.39, 0.29) is 5.91 Å². The van der Waals surface area contributed by atoms with E-state index in [1.54, 1.807) is 11.3 Å². The molecular formula is C16H15NO2S. The van der Waals surface area contributed by atoms with Crippen LogP contribution in [0.2, 0.25) is 0 Å². The van der Waals surface area contributed by atoms with Gasteiger partial charge in [0.05, 0.1) is 6.42 Å². The Labute approximate surface area is 121 Å². The first-order valence-electron chi connectivity index (χ1n) is 6.58. The Morgan fingerprint density at radius 1 is 1.20 bits per heavy atom. The lowest BCUT2D eigenvalue weighted by Gasteiger charge is -2.02. The van der Waals surface area contributed by atoms with Crippen molar-refractivity contribution in [3.05, 3.63) is 58.5 Å². The van der Waals surface area contributed by atoms with Crippen LogP contribution in [0.25, 0.3) is 11.0 Å². The molecule has 0 fully saturated rings. The number of hydrogen-bond acceptors (Lipinski definition) is 3. The molecule has 20 heavy (non-hydrogen) atoms. The number of para-hydroxylation sites is 1. The highest BCUT2D eigenvalue weighted by atomic mass is 32.1. The van der Waals surface area contributed by atoms with Gasteiger partial charge in [-0.1, -0.05) is 24.3 Å². The third-order valence-electron chi connectivity index (χ3n) is 3.09. The summed E-state index contributed by atoms with van der Waals surface area (Å²) >= 11 is 1.60. The standard InChI is InChI=1S/C16H15NO2S/c18-16(11-14-5-3-9-20-14)17-8-7-13-10-12-4-1-2-6-15(12)19-13/h1-6,9-10H,7-8,11H2,(H,17,18). The van der Waals surface area contributed by atoms with Crippen LogP contribution in [0.15, 0.2) is 52.3 Å². The normalized spacial score (nSPS) is 10.8. The fourth-order valence-electron chi connectivity index (χ4n) is 2.12. The van der Waals surface area contributed by atoms with Gasteiger partial charge in [0.1, 0.15) is 11.3 Å². The Morgan fingerprint density at radius 2 is 2.10 bits per heavy atom. The second kappa shape index (κ2) is 5.92. The summed E-state index contributed by atoms with van der Waals surface area (Å²) in [7, 11) is 0. The number of rotatable bonds is 5. The Hall–Kier alpha value is -2.07. The molecule has 0 aliphatic heterocycles. The molecule has 0 bridgehead atoms. The molecule has 2 aromatic heterocycles. The maximum Gasteiger partial charge on any atom is 0.225 e. The van der Waals surface area contributed by atoms with Crippen molar-refractivity contribution in [2.45, 2.75) is 12.8 Å². The number of fused-ring (bicyclic) bond motifs is 1. The molecule has 2 heterocycles. The van der Waals surface area contributed by atoms with Crippen LogP contribution in [-0.2, 0) is 17.6 Å². The largest absolute Gasteiger partial charge is 0.461 e. The molecule has 0 radical (unpaired) electrons. The third-order valence-corrected chi connectivity index (χ3v) is 3.96. The second-order valence-corrected chi connectivity index (χ2v) is 5.64. The van der Waals surface area contributed by atoms with E-state index in [4.69, 9.17) is 4.42 Å². The van der Waals surface area contributed by atoms with Gasteiger partial charge in [0.2, 0.25) is 5.91 Å². The fraction of sp³-hybridized carbons (Fsp3) is 0.188. The lowest BCUT2D eigenvalue weighted by Crippen LogP contribution is -2.26. The van der Waals surface area contributed by atoms with Crippen molar-refractivity contribution in [2.24, 2.45) is 0 Å². The number of hydrogen-bond donors (Lipinski definition) is 1. The summed E-state index contributed by atoms with van der Waals surface area (Å²) in [5.74, 6) is 0.964. The summed E-state index contributed by atoms with van der Waals surface area (Å²) in [5, 5.41) is 6.01. The predicted octanol–water partition coefficient (Wildman–Crippen LogP) is 3.40. The zero-order chi connectivity index (χ0) is 13.8. The van der Waals surface area contributed by atoms with Gasteiger partial charge in [-0.05, 0) is 23.6 Å². The number of carbonyl (C=O) groups excluding carboxylic acids is 1. The molecule has 0 saturated heterocycles. The van der Waals surface area contributed by atoms with Crippen LogP contribution in [0.4, 0.5) is 0 Å². The second-order valence-electron chi connectivity index (χ2n) is 4.61. The number of thiophene rings is 1. The molecule has 0 spiro atoms. The van der Waals surface area contributed by atoms with Crippen molar-refractivity contribution in [1.29, 1.82) is 0 Å². The van der Waals surface area contributed by atoms with Crippen LogP contribution >= 0.6 is 11.3 Å². The number of benzene rings is 1. The fourth-order valence-corrected chi connectivity index (χ4v) is 2.82. The summed E-state index contributed by atoms with van der Waals surface area (Å²) in [6, 6.07) is 13.9. The van der Waals surface area contributed by atoms with Gasteiger partial charge in [-0.3, -0.25) is 4.79 Å². The van der Waals surface area contributed by atoms with Crippen molar-refractivity contribution in [3.8, 4) is 0 Å². The highest BCUT2D eigenvalue weighted by Gasteiger charge is 2.06. The maximum atomic E-state index is 11.7. The molecule has 3 aromatic rings. The Morgan fingerprint density at radius 3 is 2.90 bits per heavy atom. The van der Waals surface area contributed by atoms with E-state index < -0.39 is 0 Å². The van der Waals surface area contributed by atoms with Crippen molar-refractivity contribution in [1.82, 2.24) is 5.32 Å². The van der Waals surface area contributed by atoms with Crippen LogP contribution in [0.5, 0.6) is 0 Å². The van der Waals surface area contributed by atoms with Crippen molar-refractivity contribution < 1.29 is 9.21 Å². The van der Waals surface area contributed by atoms with E-state index in [0.29, 0.717) is 19.4 Å². The van der Waals surface area contributed by atoms with Crippen LogP contribution < -0.4 is 5.32 Å². The van der Waals surface area contributed by atoms with E-state index >= 15 is 0 Å². The molecule has 1 N–H and O–H groups in total.